The van der Waals surface area contributed by atoms with Crippen LogP contribution in [-0.4, -0.2) is 49.1 Å². The lowest BCUT2D eigenvalue weighted by Crippen LogP contribution is -2.45. The highest BCUT2D eigenvalue weighted by Crippen LogP contribution is 2.12. The summed E-state index contributed by atoms with van der Waals surface area (Å²) in [7, 11) is 0. The molecule has 1 rings (SSSR count). The number of hydrogen-bond donors (Lipinski definition) is 2. The quantitative estimate of drug-likeness (QED) is 0.722. The summed E-state index contributed by atoms with van der Waals surface area (Å²) in [5.74, 6) is 0.170. The lowest BCUT2D eigenvalue weighted by atomic mass is 10.0. The minimum Gasteiger partial charge on any atom is -0.356 e. The summed E-state index contributed by atoms with van der Waals surface area (Å²) in [4.78, 5) is 13.9. The highest BCUT2D eigenvalue weighted by atomic mass is 16.1. The third kappa shape index (κ3) is 5.83. The number of likely N-dealkylation sites (tertiary alicyclic amines) is 1. The third-order valence-electron chi connectivity index (χ3n) is 3.62. The van der Waals surface area contributed by atoms with Crippen molar-refractivity contribution in [1.29, 1.82) is 0 Å². The zero-order chi connectivity index (χ0) is 13.4. The zero-order valence-corrected chi connectivity index (χ0v) is 12.2. The van der Waals surface area contributed by atoms with Crippen molar-refractivity contribution >= 4 is 5.91 Å². The van der Waals surface area contributed by atoms with Gasteiger partial charge >= 0.3 is 0 Å². The topological polar surface area (TPSA) is 44.4 Å². The van der Waals surface area contributed by atoms with Crippen LogP contribution in [0.1, 0.15) is 46.5 Å². The fourth-order valence-electron chi connectivity index (χ4n) is 2.36. The van der Waals surface area contributed by atoms with E-state index in [1.165, 1.54) is 25.9 Å². The molecular weight excluding hydrogens is 226 g/mol. The van der Waals surface area contributed by atoms with E-state index in [0.717, 1.165) is 19.5 Å². The molecule has 0 aromatic carbocycles. The molecule has 0 bridgehead atoms. The van der Waals surface area contributed by atoms with Crippen LogP contribution in [0.25, 0.3) is 0 Å². The Bertz CT molecular complexity index is 235. The van der Waals surface area contributed by atoms with E-state index in [9.17, 15) is 4.79 Å². The van der Waals surface area contributed by atoms with Crippen molar-refractivity contribution in [3.8, 4) is 0 Å². The molecule has 1 aliphatic rings. The molecule has 18 heavy (non-hydrogen) atoms. The summed E-state index contributed by atoms with van der Waals surface area (Å²) in [5.41, 5.74) is 0. The Kier molecular flexibility index (Phi) is 7.28. The molecule has 1 amide bonds. The van der Waals surface area contributed by atoms with E-state index in [1.54, 1.807) is 0 Å². The number of nitrogens with one attached hydrogen (secondary N) is 2. The summed E-state index contributed by atoms with van der Waals surface area (Å²) >= 11 is 0. The standard InChI is InChI=1S/C14H29N3O/c1-4-8-16-14(18)5-9-15-13-6-10-17(11-7-13)12(2)3/h12-13,15H,4-11H2,1-3H3,(H,16,18). The van der Waals surface area contributed by atoms with Crippen molar-refractivity contribution in [2.24, 2.45) is 0 Å². The molecule has 0 spiro atoms. The van der Waals surface area contributed by atoms with E-state index >= 15 is 0 Å². The lowest BCUT2D eigenvalue weighted by molar-refractivity contribution is -0.121. The van der Waals surface area contributed by atoms with Crippen molar-refractivity contribution in [2.45, 2.75) is 58.5 Å². The highest BCUT2D eigenvalue weighted by molar-refractivity contribution is 5.75. The van der Waals surface area contributed by atoms with Crippen molar-refractivity contribution in [3.05, 3.63) is 0 Å². The van der Waals surface area contributed by atoms with Gasteiger partial charge in [-0.2, -0.15) is 0 Å². The Balaban J connectivity index is 2.05. The van der Waals surface area contributed by atoms with Gasteiger partial charge in [0.2, 0.25) is 5.91 Å². The molecule has 0 radical (unpaired) electrons. The first-order valence-corrected chi connectivity index (χ1v) is 7.37. The maximum absolute atomic E-state index is 11.4. The maximum Gasteiger partial charge on any atom is 0.221 e. The molecule has 0 aromatic heterocycles. The third-order valence-corrected chi connectivity index (χ3v) is 3.62. The van der Waals surface area contributed by atoms with Gasteiger partial charge in [0.1, 0.15) is 0 Å². The molecule has 106 valence electrons. The van der Waals surface area contributed by atoms with Gasteiger partial charge in [0.05, 0.1) is 0 Å². The van der Waals surface area contributed by atoms with Gasteiger partial charge in [-0.25, -0.2) is 0 Å². The van der Waals surface area contributed by atoms with Crippen molar-refractivity contribution in [3.63, 3.8) is 0 Å². The van der Waals surface area contributed by atoms with Gasteiger partial charge < -0.3 is 15.5 Å². The lowest BCUT2D eigenvalue weighted by Gasteiger charge is -2.35. The van der Waals surface area contributed by atoms with Crippen molar-refractivity contribution in [1.82, 2.24) is 15.5 Å². The second kappa shape index (κ2) is 8.48. The van der Waals surface area contributed by atoms with Crippen molar-refractivity contribution in [2.75, 3.05) is 26.2 Å². The fraction of sp³-hybridized carbons (Fsp3) is 0.929. The number of rotatable bonds is 7. The number of piperidine rings is 1. The van der Waals surface area contributed by atoms with Gasteiger partial charge in [-0.15, -0.1) is 0 Å². The Morgan fingerprint density at radius 1 is 1.28 bits per heavy atom. The summed E-state index contributed by atoms with van der Waals surface area (Å²) < 4.78 is 0. The minimum atomic E-state index is 0.170. The van der Waals surface area contributed by atoms with Crippen LogP contribution in [0.3, 0.4) is 0 Å². The maximum atomic E-state index is 11.4. The summed E-state index contributed by atoms with van der Waals surface area (Å²) in [6, 6.07) is 1.25. The van der Waals surface area contributed by atoms with E-state index in [-0.39, 0.29) is 5.91 Å². The molecular formula is C14H29N3O. The zero-order valence-electron chi connectivity index (χ0n) is 12.2. The van der Waals surface area contributed by atoms with Crippen LogP contribution < -0.4 is 10.6 Å². The molecule has 1 fully saturated rings. The number of carbonyl (C=O) groups is 1. The number of nitrogens with zero attached hydrogens (tertiary/aromatic N) is 1. The second-order valence-corrected chi connectivity index (χ2v) is 5.46. The molecule has 1 heterocycles. The smallest absolute Gasteiger partial charge is 0.221 e. The summed E-state index contributed by atoms with van der Waals surface area (Å²) in [6.07, 6.45) is 4.01. The molecule has 4 nitrogen and oxygen atoms in total. The first-order valence-electron chi connectivity index (χ1n) is 7.37. The molecule has 0 aromatic rings. The van der Waals surface area contributed by atoms with E-state index in [0.29, 0.717) is 18.5 Å². The normalized spacial score (nSPS) is 18.2. The molecule has 4 heteroatoms. The monoisotopic (exact) mass is 255 g/mol. The van der Waals surface area contributed by atoms with Crippen LogP contribution in [0.15, 0.2) is 0 Å². The predicted molar refractivity (Wildman–Crippen MR) is 75.7 cm³/mol. The van der Waals surface area contributed by atoms with Gasteiger partial charge in [-0.3, -0.25) is 4.79 Å². The van der Waals surface area contributed by atoms with Gasteiger partial charge in [0, 0.05) is 31.6 Å². The Labute approximate surface area is 111 Å². The highest BCUT2D eigenvalue weighted by Gasteiger charge is 2.20. The minimum absolute atomic E-state index is 0.170. The number of amides is 1. The largest absolute Gasteiger partial charge is 0.356 e. The van der Waals surface area contributed by atoms with E-state index in [4.69, 9.17) is 0 Å². The van der Waals surface area contributed by atoms with Gasteiger partial charge in [-0.1, -0.05) is 6.92 Å². The van der Waals surface area contributed by atoms with Gasteiger partial charge in [0.25, 0.3) is 0 Å². The van der Waals surface area contributed by atoms with Crippen LogP contribution in [-0.2, 0) is 4.79 Å². The average Bonchev–Trinajstić information content (AvgIpc) is 2.37. The van der Waals surface area contributed by atoms with Crippen molar-refractivity contribution < 1.29 is 4.79 Å². The molecule has 0 saturated carbocycles. The molecule has 1 saturated heterocycles. The number of carbonyl (C=O) groups excluding carboxylic acids is 1. The Morgan fingerprint density at radius 3 is 2.50 bits per heavy atom. The summed E-state index contributed by atoms with van der Waals surface area (Å²) in [5, 5.41) is 6.41. The first-order chi connectivity index (χ1) is 8.63. The molecule has 1 aliphatic heterocycles. The molecule has 0 atom stereocenters. The first kappa shape index (κ1) is 15.4. The van der Waals surface area contributed by atoms with E-state index in [2.05, 4.69) is 36.3 Å². The molecule has 0 aliphatic carbocycles. The average molecular weight is 255 g/mol. The SMILES string of the molecule is CCCNC(=O)CCNC1CCN(C(C)C)CC1. The van der Waals surface area contributed by atoms with Gasteiger partial charge in [-0.05, 0) is 46.2 Å². The fourth-order valence-corrected chi connectivity index (χ4v) is 2.36. The van der Waals surface area contributed by atoms with Crippen LogP contribution in [0.2, 0.25) is 0 Å². The second-order valence-electron chi connectivity index (χ2n) is 5.46. The Hall–Kier alpha value is -0.610. The van der Waals surface area contributed by atoms with Crippen LogP contribution in [0, 0.1) is 0 Å². The van der Waals surface area contributed by atoms with Crippen LogP contribution in [0.5, 0.6) is 0 Å². The van der Waals surface area contributed by atoms with Gasteiger partial charge in [0.15, 0.2) is 0 Å². The van der Waals surface area contributed by atoms with Crippen LogP contribution >= 0.6 is 0 Å². The van der Waals surface area contributed by atoms with Crippen LogP contribution in [0.4, 0.5) is 0 Å². The Morgan fingerprint density at radius 2 is 1.94 bits per heavy atom. The number of hydrogen-bond acceptors (Lipinski definition) is 3. The summed E-state index contributed by atoms with van der Waals surface area (Å²) in [6.45, 7) is 10.5. The molecule has 2 N–H and O–H groups in total. The predicted octanol–water partition coefficient (Wildman–Crippen LogP) is 1.37. The van der Waals surface area contributed by atoms with E-state index in [1.807, 2.05) is 0 Å². The van der Waals surface area contributed by atoms with E-state index < -0.39 is 0 Å². The molecule has 0 unspecified atom stereocenters.